The van der Waals surface area contributed by atoms with Crippen LogP contribution in [0, 0.1) is 6.92 Å². The number of nitrogens with one attached hydrogen (secondary N) is 1. The molecule has 0 aliphatic rings. The van der Waals surface area contributed by atoms with Crippen LogP contribution >= 0.6 is 0 Å². The molecule has 2 aromatic heterocycles. The average molecular weight is 352 g/mol. The molecule has 0 radical (unpaired) electrons. The van der Waals surface area contributed by atoms with Crippen molar-refractivity contribution in [3.63, 3.8) is 0 Å². The summed E-state index contributed by atoms with van der Waals surface area (Å²) in [6.07, 6.45) is -6.92. The quantitative estimate of drug-likeness (QED) is 0.522. The molecular weight excluding hydrogens is 342 g/mol. The molecule has 0 fully saturated rings. The third kappa shape index (κ3) is 5.21. The molecule has 0 unspecified atom stereocenters. The van der Waals surface area contributed by atoms with Crippen molar-refractivity contribution in [2.45, 2.75) is 25.8 Å². The number of anilines is 1. The minimum atomic E-state index is -4.63. The van der Waals surface area contributed by atoms with Crippen LogP contribution < -0.4 is 5.43 Å². The Hall–Kier alpha value is -2.66. The second-order valence-corrected chi connectivity index (χ2v) is 4.64. The van der Waals surface area contributed by atoms with Crippen molar-refractivity contribution in [3.8, 4) is 0 Å². The molecule has 0 aromatic carbocycles. The van der Waals surface area contributed by atoms with Crippen LogP contribution in [-0.2, 0) is 12.7 Å². The summed E-state index contributed by atoms with van der Waals surface area (Å²) in [6.45, 7) is 0.0921. The van der Waals surface area contributed by atoms with E-state index in [0.29, 0.717) is 4.68 Å². The zero-order chi connectivity index (χ0) is 18.0. The first-order valence-corrected chi connectivity index (χ1v) is 6.35. The van der Waals surface area contributed by atoms with Crippen LogP contribution in [0.2, 0.25) is 0 Å². The lowest BCUT2D eigenvalue weighted by Crippen LogP contribution is -2.18. The summed E-state index contributed by atoms with van der Waals surface area (Å²) in [5.74, 6) is -0.395. The molecule has 0 saturated carbocycles. The highest BCUT2D eigenvalue weighted by Gasteiger charge is 2.33. The van der Waals surface area contributed by atoms with E-state index in [-0.39, 0.29) is 11.4 Å². The van der Waals surface area contributed by atoms with Gasteiger partial charge >= 0.3 is 12.4 Å². The van der Waals surface area contributed by atoms with E-state index in [0.717, 1.165) is 18.5 Å². The van der Waals surface area contributed by atoms with Crippen molar-refractivity contribution in [1.82, 2.24) is 19.7 Å². The molecule has 0 saturated heterocycles. The maximum Gasteiger partial charge on any atom is 0.433 e. The highest BCUT2D eigenvalue weighted by Crippen LogP contribution is 2.28. The highest BCUT2D eigenvalue weighted by molar-refractivity contribution is 5.77. The van der Waals surface area contributed by atoms with Crippen LogP contribution in [0.1, 0.15) is 17.1 Å². The Morgan fingerprint density at radius 1 is 1.21 bits per heavy atom. The van der Waals surface area contributed by atoms with Gasteiger partial charge in [-0.2, -0.15) is 36.5 Å². The Bertz CT molecular complexity index is 732. The Morgan fingerprint density at radius 3 is 2.54 bits per heavy atom. The summed E-state index contributed by atoms with van der Waals surface area (Å²) in [6, 6.07) is 2.03. The predicted octanol–water partition coefficient (Wildman–Crippen LogP) is 3.01. The van der Waals surface area contributed by atoms with Crippen molar-refractivity contribution in [2.75, 3.05) is 5.43 Å². The SMILES string of the molecule is Cc1cc(C(F)(F)F)nc(NN=Cc2ccn(CC(F)(F)F)n2)n1. The number of nitrogens with zero attached hydrogens (tertiary/aromatic N) is 5. The lowest BCUT2D eigenvalue weighted by molar-refractivity contribution is -0.143. The molecular formula is C12H10F6N6. The number of rotatable bonds is 4. The van der Waals surface area contributed by atoms with Crippen LogP contribution in [0.25, 0.3) is 0 Å². The van der Waals surface area contributed by atoms with E-state index in [1.54, 1.807) is 0 Å². The standard InChI is InChI=1S/C12H10F6N6/c1-7-4-9(12(16,17)18)21-10(20-7)22-19-5-8-2-3-24(23-8)6-11(13,14)15/h2-5H,6H2,1H3,(H,20,21,22). The fraction of sp³-hybridized carbons (Fsp3) is 0.333. The largest absolute Gasteiger partial charge is 0.433 e. The monoisotopic (exact) mass is 352 g/mol. The van der Waals surface area contributed by atoms with E-state index < -0.39 is 30.5 Å². The van der Waals surface area contributed by atoms with Gasteiger partial charge in [0.2, 0.25) is 5.95 Å². The molecule has 0 bridgehead atoms. The zero-order valence-corrected chi connectivity index (χ0v) is 12.0. The molecule has 2 aromatic rings. The van der Waals surface area contributed by atoms with Crippen LogP contribution in [0.3, 0.4) is 0 Å². The maximum absolute atomic E-state index is 12.6. The van der Waals surface area contributed by atoms with Gasteiger partial charge in [0.05, 0.1) is 6.21 Å². The first-order chi connectivity index (χ1) is 11.0. The van der Waals surface area contributed by atoms with Crippen molar-refractivity contribution in [1.29, 1.82) is 0 Å². The third-order valence-corrected chi connectivity index (χ3v) is 2.51. The minimum Gasteiger partial charge on any atom is -0.263 e. The maximum atomic E-state index is 12.6. The second-order valence-electron chi connectivity index (χ2n) is 4.64. The van der Waals surface area contributed by atoms with Crippen LogP contribution in [0.5, 0.6) is 0 Å². The molecule has 0 aliphatic heterocycles. The fourth-order valence-corrected chi connectivity index (χ4v) is 1.64. The van der Waals surface area contributed by atoms with Crippen LogP contribution in [0.4, 0.5) is 32.3 Å². The molecule has 0 atom stereocenters. The van der Waals surface area contributed by atoms with Crippen molar-refractivity contribution >= 4 is 12.2 Å². The number of hydrazone groups is 1. The third-order valence-electron chi connectivity index (χ3n) is 2.51. The molecule has 24 heavy (non-hydrogen) atoms. The van der Waals surface area contributed by atoms with E-state index in [1.165, 1.54) is 13.0 Å². The average Bonchev–Trinajstić information content (AvgIpc) is 2.82. The summed E-state index contributed by atoms with van der Waals surface area (Å²) < 4.78 is 75.0. The Balaban J connectivity index is 2.06. The normalized spacial score (nSPS) is 12.8. The molecule has 1 N–H and O–H groups in total. The topological polar surface area (TPSA) is 68.0 Å². The second kappa shape index (κ2) is 6.45. The molecule has 0 spiro atoms. The van der Waals surface area contributed by atoms with E-state index in [9.17, 15) is 26.3 Å². The van der Waals surface area contributed by atoms with Gasteiger partial charge in [-0.1, -0.05) is 0 Å². The van der Waals surface area contributed by atoms with Gasteiger partial charge in [0.15, 0.2) is 0 Å². The van der Waals surface area contributed by atoms with Crippen molar-refractivity contribution in [2.24, 2.45) is 5.10 Å². The van der Waals surface area contributed by atoms with Gasteiger partial charge in [0.25, 0.3) is 0 Å². The number of hydrogen-bond acceptors (Lipinski definition) is 5. The Labute approximate surface area is 131 Å². The summed E-state index contributed by atoms with van der Waals surface area (Å²) in [5.41, 5.74) is 1.20. The predicted molar refractivity (Wildman–Crippen MR) is 71.3 cm³/mol. The van der Waals surface area contributed by atoms with Gasteiger partial charge in [-0.05, 0) is 19.1 Å². The Kier molecular flexibility index (Phi) is 4.76. The van der Waals surface area contributed by atoms with Gasteiger partial charge in [-0.15, -0.1) is 0 Å². The number of hydrogen-bond donors (Lipinski definition) is 1. The minimum absolute atomic E-state index is 0.0736. The number of aryl methyl sites for hydroxylation is 1. The van der Waals surface area contributed by atoms with Gasteiger partial charge in [-0.3, -0.25) is 4.68 Å². The van der Waals surface area contributed by atoms with E-state index in [4.69, 9.17) is 0 Å². The van der Waals surface area contributed by atoms with E-state index >= 15 is 0 Å². The molecule has 2 heterocycles. The van der Waals surface area contributed by atoms with Crippen LogP contribution in [0.15, 0.2) is 23.4 Å². The molecule has 130 valence electrons. The first-order valence-electron chi connectivity index (χ1n) is 6.35. The molecule has 2 rings (SSSR count). The van der Waals surface area contributed by atoms with Gasteiger partial charge in [0.1, 0.15) is 17.9 Å². The summed E-state index contributed by atoms with van der Waals surface area (Å²) in [7, 11) is 0. The van der Waals surface area contributed by atoms with Crippen LogP contribution in [-0.4, -0.2) is 32.1 Å². The van der Waals surface area contributed by atoms with Gasteiger partial charge < -0.3 is 0 Å². The fourth-order valence-electron chi connectivity index (χ4n) is 1.64. The summed E-state index contributed by atoms with van der Waals surface area (Å²) in [4.78, 5) is 6.98. The molecule has 0 aliphatic carbocycles. The van der Waals surface area contributed by atoms with E-state index in [2.05, 4.69) is 25.6 Å². The Morgan fingerprint density at radius 2 is 1.92 bits per heavy atom. The first kappa shape index (κ1) is 17.7. The van der Waals surface area contributed by atoms with Crippen molar-refractivity contribution in [3.05, 3.63) is 35.4 Å². The number of halogens is 6. The zero-order valence-electron chi connectivity index (χ0n) is 12.0. The molecule has 12 heteroatoms. The van der Waals surface area contributed by atoms with E-state index in [1.807, 2.05) is 0 Å². The van der Waals surface area contributed by atoms with Crippen molar-refractivity contribution < 1.29 is 26.3 Å². The molecule has 0 amide bonds. The lowest BCUT2D eigenvalue weighted by atomic mass is 10.3. The van der Waals surface area contributed by atoms with Gasteiger partial charge in [0, 0.05) is 11.9 Å². The smallest absolute Gasteiger partial charge is 0.263 e. The lowest BCUT2D eigenvalue weighted by Gasteiger charge is -2.07. The number of aromatic nitrogens is 4. The summed E-state index contributed by atoms with van der Waals surface area (Å²) >= 11 is 0. The summed E-state index contributed by atoms with van der Waals surface area (Å²) in [5, 5.41) is 7.15. The highest BCUT2D eigenvalue weighted by atomic mass is 19.4. The molecule has 6 nitrogen and oxygen atoms in total. The van der Waals surface area contributed by atoms with Gasteiger partial charge in [-0.25, -0.2) is 15.4 Å². The number of alkyl halides is 6.